The Kier molecular flexibility index (Phi) is 3.69. The van der Waals surface area contributed by atoms with Crippen LogP contribution >= 0.6 is 11.3 Å². The number of rotatable bonds is 4. The molecule has 0 fully saturated rings. The first-order valence-electron chi connectivity index (χ1n) is 5.15. The van der Waals surface area contributed by atoms with Gasteiger partial charge in [0.1, 0.15) is 0 Å². The van der Waals surface area contributed by atoms with Gasteiger partial charge in [0.25, 0.3) is 5.91 Å². The number of carboxylic acids is 1. The number of hydrogen-bond acceptors (Lipinski definition) is 4. The van der Waals surface area contributed by atoms with Crippen LogP contribution in [-0.2, 0) is 6.54 Å². The lowest BCUT2D eigenvalue weighted by atomic mass is 10.1. The number of benzene rings is 1. The standard InChI is InChI=1S/C12H10N2O3S/c15-11(13-5-10-6-18-7-14-10)8-1-3-9(4-2-8)12(16)17/h1-4,6-7H,5H2,(H,13,15)(H,16,17). The number of hydrogen-bond donors (Lipinski definition) is 2. The molecule has 0 unspecified atom stereocenters. The molecule has 0 spiro atoms. The minimum atomic E-state index is -1.01. The van der Waals surface area contributed by atoms with Gasteiger partial charge >= 0.3 is 5.97 Å². The highest BCUT2D eigenvalue weighted by Crippen LogP contribution is 2.05. The number of carbonyl (C=O) groups is 2. The fourth-order valence-corrected chi connectivity index (χ4v) is 1.92. The largest absolute Gasteiger partial charge is 0.478 e. The predicted octanol–water partition coefficient (Wildman–Crippen LogP) is 1.77. The van der Waals surface area contributed by atoms with E-state index in [2.05, 4.69) is 10.3 Å². The van der Waals surface area contributed by atoms with E-state index >= 15 is 0 Å². The summed E-state index contributed by atoms with van der Waals surface area (Å²) in [4.78, 5) is 26.4. The number of thiazole rings is 1. The molecule has 2 N–H and O–H groups in total. The number of carboxylic acid groups (broad SMARTS) is 1. The highest BCUT2D eigenvalue weighted by molar-refractivity contribution is 7.07. The van der Waals surface area contributed by atoms with E-state index < -0.39 is 5.97 Å². The summed E-state index contributed by atoms with van der Waals surface area (Å²) in [5.74, 6) is -1.26. The molecule has 6 heteroatoms. The maximum absolute atomic E-state index is 11.7. The van der Waals surface area contributed by atoms with Gasteiger partial charge in [0.2, 0.25) is 0 Å². The van der Waals surface area contributed by atoms with Crippen LogP contribution in [0.25, 0.3) is 0 Å². The van der Waals surface area contributed by atoms with Gasteiger partial charge in [-0.2, -0.15) is 0 Å². The van der Waals surface area contributed by atoms with Crippen LogP contribution in [0.2, 0.25) is 0 Å². The van der Waals surface area contributed by atoms with Crippen molar-refractivity contribution in [2.75, 3.05) is 0 Å². The van der Waals surface area contributed by atoms with Gasteiger partial charge in [-0.3, -0.25) is 4.79 Å². The van der Waals surface area contributed by atoms with Crippen molar-refractivity contribution >= 4 is 23.2 Å². The molecule has 5 nitrogen and oxygen atoms in total. The molecule has 0 saturated carbocycles. The van der Waals surface area contributed by atoms with E-state index in [1.54, 1.807) is 5.51 Å². The molecule has 0 saturated heterocycles. The molecule has 0 aliphatic rings. The molecule has 0 atom stereocenters. The molecule has 1 heterocycles. The highest BCUT2D eigenvalue weighted by Gasteiger charge is 2.07. The van der Waals surface area contributed by atoms with Crippen molar-refractivity contribution in [1.82, 2.24) is 10.3 Å². The molecule has 0 radical (unpaired) electrons. The third-order valence-corrected chi connectivity index (χ3v) is 2.94. The van der Waals surface area contributed by atoms with Crippen molar-refractivity contribution < 1.29 is 14.7 Å². The molecule has 92 valence electrons. The highest BCUT2D eigenvalue weighted by atomic mass is 32.1. The zero-order valence-corrected chi connectivity index (χ0v) is 10.1. The van der Waals surface area contributed by atoms with Crippen LogP contribution in [0, 0.1) is 0 Å². The van der Waals surface area contributed by atoms with Crippen LogP contribution in [0.15, 0.2) is 35.2 Å². The van der Waals surface area contributed by atoms with Crippen LogP contribution in [0.1, 0.15) is 26.4 Å². The molecular formula is C12H10N2O3S. The van der Waals surface area contributed by atoms with E-state index in [1.165, 1.54) is 35.6 Å². The zero-order valence-electron chi connectivity index (χ0n) is 9.29. The molecular weight excluding hydrogens is 252 g/mol. The summed E-state index contributed by atoms with van der Waals surface area (Å²) < 4.78 is 0. The van der Waals surface area contributed by atoms with E-state index in [0.29, 0.717) is 12.1 Å². The normalized spacial score (nSPS) is 10.0. The maximum Gasteiger partial charge on any atom is 0.335 e. The van der Waals surface area contributed by atoms with Crippen molar-refractivity contribution in [2.24, 2.45) is 0 Å². The van der Waals surface area contributed by atoms with Crippen LogP contribution < -0.4 is 5.32 Å². The van der Waals surface area contributed by atoms with E-state index in [4.69, 9.17) is 5.11 Å². The van der Waals surface area contributed by atoms with Gasteiger partial charge in [0.05, 0.1) is 23.3 Å². The first-order valence-corrected chi connectivity index (χ1v) is 6.10. The fraction of sp³-hybridized carbons (Fsp3) is 0.0833. The van der Waals surface area contributed by atoms with Gasteiger partial charge < -0.3 is 10.4 Å². The Morgan fingerprint density at radius 3 is 2.44 bits per heavy atom. The molecule has 0 aliphatic heterocycles. The minimum absolute atomic E-state index is 0.158. The van der Waals surface area contributed by atoms with E-state index in [1.807, 2.05) is 5.38 Å². The molecule has 18 heavy (non-hydrogen) atoms. The van der Waals surface area contributed by atoms with E-state index in [-0.39, 0.29) is 11.5 Å². The summed E-state index contributed by atoms with van der Waals surface area (Å²) >= 11 is 1.46. The van der Waals surface area contributed by atoms with Crippen molar-refractivity contribution in [3.63, 3.8) is 0 Å². The van der Waals surface area contributed by atoms with E-state index in [9.17, 15) is 9.59 Å². The topological polar surface area (TPSA) is 79.3 Å². The molecule has 0 aliphatic carbocycles. The number of carbonyl (C=O) groups excluding carboxylic acids is 1. The summed E-state index contributed by atoms with van der Waals surface area (Å²) in [5, 5.41) is 13.3. The average molecular weight is 262 g/mol. The first kappa shape index (κ1) is 12.3. The third kappa shape index (κ3) is 2.92. The second kappa shape index (κ2) is 5.42. The number of amides is 1. The molecule has 2 aromatic rings. The first-order chi connectivity index (χ1) is 8.66. The van der Waals surface area contributed by atoms with E-state index in [0.717, 1.165) is 5.69 Å². The second-order valence-electron chi connectivity index (χ2n) is 3.54. The predicted molar refractivity (Wildman–Crippen MR) is 66.7 cm³/mol. The van der Waals surface area contributed by atoms with Crippen molar-refractivity contribution in [2.45, 2.75) is 6.54 Å². The van der Waals surface area contributed by atoms with Gasteiger partial charge in [-0.25, -0.2) is 9.78 Å². The molecule has 1 amide bonds. The Labute approximate surface area is 107 Å². The van der Waals surface area contributed by atoms with Crippen LogP contribution in [0.4, 0.5) is 0 Å². The minimum Gasteiger partial charge on any atom is -0.478 e. The fourth-order valence-electron chi connectivity index (χ4n) is 1.36. The van der Waals surface area contributed by atoms with Gasteiger partial charge in [0, 0.05) is 10.9 Å². The molecule has 0 bridgehead atoms. The summed E-state index contributed by atoms with van der Waals surface area (Å²) in [7, 11) is 0. The maximum atomic E-state index is 11.7. The quantitative estimate of drug-likeness (QED) is 0.880. The van der Waals surface area contributed by atoms with Crippen molar-refractivity contribution in [3.05, 3.63) is 52.0 Å². The van der Waals surface area contributed by atoms with Gasteiger partial charge in [-0.15, -0.1) is 11.3 Å². The lowest BCUT2D eigenvalue weighted by Crippen LogP contribution is -2.22. The zero-order chi connectivity index (χ0) is 13.0. The molecule has 1 aromatic heterocycles. The van der Waals surface area contributed by atoms with Gasteiger partial charge in [-0.1, -0.05) is 0 Å². The Hall–Kier alpha value is -2.21. The smallest absolute Gasteiger partial charge is 0.335 e. The Morgan fingerprint density at radius 2 is 1.89 bits per heavy atom. The second-order valence-corrected chi connectivity index (χ2v) is 4.26. The van der Waals surface area contributed by atoms with Gasteiger partial charge in [-0.05, 0) is 24.3 Å². The lowest BCUT2D eigenvalue weighted by molar-refractivity contribution is 0.0696. The summed E-state index contributed by atoms with van der Waals surface area (Å²) in [6.07, 6.45) is 0. The van der Waals surface area contributed by atoms with Crippen LogP contribution in [0.5, 0.6) is 0 Å². The average Bonchev–Trinajstić information content (AvgIpc) is 2.89. The SMILES string of the molecule is O=C(O)c1ccc(C(=O)NCc2cscn2)cc1. The van der Waals surface area contributed by atoms with Crippen molar-refractivity contribution in [1.29, 1.82) is 0 Å². The number of aromatic nitrogens is 1. The number of nitrogens with zero attached hydrogens (tertiary/aromatic N) is 1. The van der Waals surface area contributed by atoms with Gasteiger partial charge in [0.15, 0.2) is 0 Å². The summed E-state index contributed by atoms with van der Waals surface area (Å²) in [5.41, 5.74) is 3.08. The lowest BCUT2D eigenvalue weighted by Gasteiger charge is -2.03. The summed E-state index contributed by atoms with van der Waals surface area (Å²) in [6, 6.07) is 5.78. The third-order valence-electron chi connectivity index (χ3n) is 2.31. The Morgan fingerprint density at radius 1 is 1.22 bits per heavy atom. The van der Waals surface area contributed by atoms with Crippen LogP contribution in [-0.4, -0.2) is 22.0 Å². The summed E-state index contributed by atoms with van der Waals surface area (Å²) in [6.45, 7) is 0.364. The number of aromatic carboxylic acids is 1. The van der Waals surface area contributed by atoms with Crippen LogP contribution in [0.3, 0.4) is 0 Å². The Balaban J connectivity index is 1.98. The molecule has 2 rings (SSSR count). The monoisotopic (exact) mass is 262 g/mol. The Bertz CT molecular complexity index is 549. The number of nitrogens with one attached hydrogen (secondary N) is 1. The van der Waals surface area contributed by atoms with Crippen molar-refractivity contribution in [3.8, 4) is 0 Å². The molecule has 1 aromatic carbocycles.